The zero-order valence-electron chi connectivity index (χ0n) is 17.1. The predicted octanol–water partition coefficient (Wildman–Crippen LogP) is 5.42. The quantitative estimate of drug-likeness (QED) is 0.435. The first kappa shape index (κ1) is 20.7. The lowest BCUT2D eigenvalue weighted by Crippen LogP contribution is -2.11. The van der Waals surface area contributed by atoms with Crippen molar-refractivity contribution in [3.05, 3.63) is 76.3 Å². The minimum Gasteiger partial charge on any atom is -0.322 e. The maximum atomic E-state index is 12.8. The van der Waals surface area contributed by atoms with Crippen molar-refractivity contribution >= 4 is 34.8 Å². The van der Waals surface area contributed by atoms with Gasteiger partial charge >= 0.3 is 0 Å². The summed E-state index contributed by atoms with van der Waals surface area (Å²) in [5.74, 6) is 1.44. The van der Waals surface area contributed by atoms with Crippen LogP contribution in [0.4, 0.5) is 5.69 Å². The highest BCUT2D eigenvalue weighted by Gasteiger charge is 2.19. The molecule has 1 aliphatic heterocycles. The second-order valence-electron chi connectivity index (χ2n) is 7.70. The van der Waals surface area contributed by atoms with Gasteiger partial charge in [0, 0.05) is 35.4 Å². The maximum absolute atomic E-state index is 12.8. The maximum Gasteiger partial charge on any atom is 0.258 e. The average Bonchev–Trinajstić information content (AvgIpc) is 3.37. The van der Waals surface area contributed by atoms with Gasteiger partial charge in [0.05, 0.1) is 22.5 Å². The fourth-order valence-corrected chi connectivity index (χ4v) is 4.25. The predicted molar refractivity (Wildman–Crippen MR) is 125 cm³/mol. The zero-order valence-corrected chi connectivity index (χ0v) is 18.6. The van der Waals surface area contributed by atoms with Gasteiger partial charge in [0.2, 0.25) is 0 Å². The molecule has 2 aromatic carbocycles. The highest BCUT2D eigenvalue weighted by Crippen LogP contribution is 2.31. The van der Waals surface area contributed by atoms with Crippen LogP contribution < -0.4 is 5.32 Å². The van der Waals surface area contributed by atoms with E-state index >= 15 is 0 Å². The van der Waals surface area contributed by atoms with Crippen LogP contribution >= 0.6 is 23.2 Å². The summed E-state index contributed by atoms with van der Waals surface area (Å²) in [4.78, 5) is 12.8. The summed E-state index contributed by atoms with van der Waals surface area (Å²) in [5.41, 5.74) is 2.58. The van der Waals surface area contributed by atoms with E-state index in [1.54, 1.807) is 35.1 Å². The number of amides is 1. The van der Waals surface area contributed by atoms with E-state index in [1.165, 1.54) is 12.6 Å². The Balaban J connectivity index is 1.39. The number of nitrogens with one attached hydrogen (secondary N) is 1. The minimum atomic E-state index is -0.272. The van der Waals surface area contributed by atoms with Crippen molar-refractivity contribution in [3.63, 3.8) is 0 Å². The van der Waals surface area contributed by atoms with Crippen molar-refractivity contribution in [1.29, 1.82) is 0 Å². The van der Waals surface area contributed by atoms with Crippen LogP contribution in [0.25, 0.3) is 17.1 Å². The van der Waals surface area contributed by atoms with Crippen molar-refractivity contribution < 1.29 is 4.79 Å². The van der Waals surface area contributed by atoms with Crippen LogP contribution in [0.5, 0.6) is 0 Å². The van der Waals surface area contributed by atoms with Gasteiger partial charge in [-0.25, -0.2) is 4.68 Å². The van der Waals surface area contributed by atoms with E-state index in [-0.39, 0.29) is 5.91 Å². The van der Waals surface area contributed by atoms with Crippen LogP contribution in [-0.4, -0.2) is 30.5 Å². The fourth-order valence-electron chi connectivity index (χ4n) is 3.86. The molecular formula is C23H20Cl2N6O. The van der Waals surface area contributed by atoms with Crippen LogP contribution in [0.3, 0.4) is 0 Å². The Kier molecular flexibility index (Phi) is 5.68. The highest BCUT2D eigenvalue weighted by molar-refractivity contribution is 6.33. The number of hydrogen-bond acceptors (Lipinski definition) is 4. The molecule has 9 heteroatoms. The van der Waals surface area contributed by atoms with E-state index in [0.717, 1.165) is 48.7 Å². The number of halogens is 2. The summed E-state index contributed by atoms with van der Waals surface area (Å²) in [6, 6.07) is 12.6. The molecule has 2 aromatic heterocycles. The Morgan fingerprint density at radius 3 is 2.81 bits per heavy atom. The summed E-state index contributed by atoms with van der Waals surface area (Å²) in [5, 5.41) is 17.1. The first-order valence-electron chi connectivity index (χ1n) is 10.4. The Hall–Kier alpha value is -3.16. The third-order valence-electron chi connectivity index (χ3n) is 5.49. The molecule has 0 fully saturated rings. The number of benzene rings is 2. The molecule has 1 amide bonds. The molecule has 0 spiro atoms. The van der Waals surface area contributed by atoms with Crippen LogP contribution in [0.1, 0.15) is 35.4 Å². The first-order valence-corrected chi connectivity index (χ1v) is 11.2. The Bertz CT molecular complexity index is 1300. The number of hydrogen-bond donors (Lipinski definition) is 1. The minimum absolute atomic E-state index is 0.272. The lowest BCUT2D eigenvalue weighted by Gasteiger charge is -2.11. The molecule has 7 nitrogen and oxygen atoms in total. The molecule has 32 heavy (non-hydrogen) atoms. The van der Waals surface area contributed by atoms with Gasteiger partial charge in [0.15, 0.2) is 5.82 Å². The smallest absolute Gasteiger partial charge is 0.258 e. The Morgan fingerprint density at radius 1 is 1.03 bits per heavy atom. The van der Waals surface area contributed by atoms with E-state index in [9.17, 15) is 4.79 Å². The third-order valence-corrected chi connectivity index (χ3v) is 6.06. The third kappa shape index (κ3) is 4.13. The average molecular weight is 467 g/mol. The van der Waals surface area contributed by atoms with Crippen molar-refractivity contribution in [2.24, 2.45) is 0 Å². The molecule has 1 N–H and O–H groups in total. The molecule has 3 heterocycles. The topological polar surface area (TPSA) is 77.6 Å². The molecule has 1 aliphatic rings. The van der Waals surface area contributed by atoms with Crippen molar-refractivity contribution in [2.45, 2.75) is 32.2 Å². The van der Waals surface area contributed by atoms with E-state index in [4.69, 9.17) is 23.2 Å². The first-order chi connectivity index (χ1) is 15.6. The van der Waals surface area contributed by atoms with Gasteiger partial charge in [-0.3, -0.25) is 4.79 Å². The lowest BCUT2D eigenvalue weighted by molar-refractivity contribution is 0.102. The zero-order chi connectivity index (χ0) is 22.1. The molecule has 0 unspecified atom stereocenters. The Morgan fingerprint density at radius 2 is 1.94 bits per heavy atom. The number of carbonyl (C=O) groups is 1. The highest BCUT2D eigenvalue weighted by atomic mass is 35.5. The van der Waals surface area contributed by atoms with Crippen LogP contribution in [0, 0.1) is 0 Å². The number of aromatic nitrogens is 5. The molecule has 0 bridgehead atoms. The van der Waals surface area contributed by atoms with Gasteiger partial charge in [-0.1, -0.05) is 35.7 Å². The molecule has 0 aliphatic carbocycles. The molecule has 0 atom stereocenters. The standard InChI is InChI=1S/C23H20Cl2N6O/c24-16-5-4-6-18(11-16)31-14-15(13-26-31)23(32)27-17-8-9-20(25)19(12-17)22-29-28-21-7-2-1-3-10-30(21)22/h4-6,8-9,11-14H,1-3,7,10H2,(H,27,32). The number of nitrogens with zero attached hydrogens (tertiary/aromatic N) is 5. The fraction of sp³-hybridized carbons (Fsp3) is 0.217. The summed E-state index contributed by atoms with van der Waals surface area (Å²) in [6.07, 6.45) is 7.47. The molecule has 5 rings (SSSR count). The van der Waals surface area contributed by atoms with E-state index < -0.39 is 0 Å². The molecule has 4 aromatic rings. The van der Waals surface area contributed by atoms with E-state index in [0.29, 0.717) is 21.3 Å². The van der Waals surface area contributed by atoms with Gasteiger partial charge in [0.1, 0.15) is 5.82 Å². The molecular weight excluding hydrogens is 447 g/mol. The van der Waals surface area contributed by atoms with Crippen molar-refractivity contribution in [1.82, 2.24) is 24.5 Å². The van der Waals surface area contributed by atoms with Gasteiger partial charge in [-0.05, 0) is 49.2 Å². The summed E-state index contributed by atoms with van der Waals surface area (Å²) >= 11 is 12.5. The van der Waals surface area contributed by atoms with Crippen molar-refractivity contribution in [2.75, 3.05) is 5.32 Å². The van der Waals surface area contributed by atoms with Crippen LogP contribution in [-0.2, 0) is 13.0 Å². The number of rotatable bonds is 4. The number of fused-ring (bicyclic) bond motifs is 1. The SMILES string of the molecule is O=C(Nc1ccc(Cl)c(-c2nnc3n2CCCCC3)c1)c1cnn(-c2cccc(Cl)c2)c1. The Labute approximate surface area is 195 Å². The van der Waals surface area contributed by atoms with E-state index in [1.807, 2.05) is 18.2 Å². The summed E-state index contributed by atoms with van der Waals surface area (Å²) in [6.45, 7) is 0.868. The second-order valence-corrected chi connectivity index (χ2v) is 8.55. The number of carbonyl (C=O) groups excluding carboxylic acids is 1. The number of anilines is 1. The van der Waals surface area contributed by atoms with Crippen LogP contribution in [0.15, 0.2) is 54.9 Å². The van der Waals surface area contributed by atoms with Gasteiger partial charge in [-0.2, -0.15) is 5.10 Å². The van der Waals surface area contributed by atoms with Gasteiger partial charge in [0.25, 0.3) is 5.91 Å². The van der Waals surface area contributed by atoms with Gasteiger partial charge in [-0.15, -0.1) is 10.2 Å². The number of aryl methyl sites for hydroxylation is 1. The second kappa shape index (κ2) is 8.76. The summed E-state index contributed by atoms with van der Waals surface area (Å²) < 4.78 is 3.74. The molecule has 162 valence electrons. The normalized spacial score (nSPS) is 13.4. The monoisotopic (exact) mass is 466 g/mol. The lowest BCUT2D eigenvalue weighted by atomic mass is 10.1. The van der Waals surface area contributed by atoms with Crippen molar-refractivity contribution in [3.8, 4) is 17.1 Å². The molecule has 0 saturated carbocycles. The molecule has 0 saturated heterocycles. The van der Waals surface area contributed by atoms with Gasteiger partial charge < -0.3 is 9.88 Å². The molecule has 0 radical (unpaired) electrons. The van der Waals surface area contributed by atoms with Crippen LogP contribution in [0.2, 0.25) is 10.0 Å². The summed E-state index contributed by atoms with van der Waals surface area (Å²) in [7, 11) is 0. The van der Waals surface area contributed by atoms with E-state index in [2.05, 4.69) is 25.2 Å². The largest absolute Gasteiger partial charge is 0.322 e.